The Kier molecular flexibility index (Phi) is 4.16. The van der Waals surface area contributed by atoms with Crippen LogP contribution >= 0.6 is 11.3 Å². The molecule has 2 unspecified atom stereocenters. The lowest BCUT2D eigenvalue weighted by atomic mass is 9.94. The van der Waals surface area contributed by atoms with Crippen LogP contribution in [-0.2, 0) is 16.4 Å². The summed E-state index contributed by atoms with van der Waals surface area (Å²) >= 11 is 1.74. The molecule has 1 aromatic heterocycles. The van der Waals surface area contributed by atoms with Gasteiger partial charge in [-0.3, -0.25) is 4.90 Å². The van der Waals surface area contributed by atoms with Crippen molar-refractivity contribution in [2.24, 2.45) is 5.73 Å². The second-order valence-corrected chi connectivity index (χ2v) is 9.72. The maximum absolute atomic E-state index is 12.3. The molecule has 2 N–H and O–H groups in total. The van der Waals surface area contributed by atoms with Crippen molar-refractivity contribution in [3.8, 4) is 0 Å². The number of hydrogen-bond donors (Lipinski definition) is 1. The number of thiophene rings is 1. The van der Waals surface area contributed by atoms with Gasteiger partial charge in [0.2, 0.25) is 0 Å². The van der Waals surface area contributed by atoms with Crippen LogP contribution in [0.4, 0.5) is 0 Å². The summed E-state index contributed by atoms with van der Waals surface area (Å²) in [6.45, 7) is 1.28. The minimum Gasteiger partial charge on any atom is -0.329 e. The Hall–Kier alpha value is -0.430. The van der Waals surface area contributed by atoms with E-state index in [2.05, 4.69) is 22.4 Å². The molecular formula is C15H24N2O2S2. The molecule has 2 saturated carbocycles. The minimum absolute atomic E-state index is 0.310. The van der Waals surface area contributed by atoms with Gasteiger partial charge in [-0.2, -0.15) is 0 Å². The minimum atomic E-state index is -3.07. The lowest BCUT2D eigenvalue weighted by molar-refractivity contribution is 0.0847. The molecule has 2 fully saturated rings. The molecule has 1 heterocycles. The Bertz CT molecular complexity index is 581. The first-order chi connectivity index (χ1) is 9.97. The van der Waals surface area contributed by atoms with Gasteiger partial charge in [0.25, 0.3) is 0 Å². The van der Waals surface area contributed by atoms with Crippen LogP contribution in [0.25, 0.3) is 0 Å². The fourth-order valence-electron chi connectivity index (χ4n) is 3.92. The summed E-state index contributed by atoms with van der Waals surface area (Å²) in [5.74, 6) is 0. The van der Waals surface area contributed by atoms with Crippen LogP contribution in [-0.4, -0.2) is 42.9 Å². The highest BCUT2D eigenvalue weighted by Gasteiger charge is 2.54. The molecule has 21 heavy (non-hydrogen) atoms. The van der Waals surface area contributed by atoms with Crippen LogP contribution in [0.1, 0.15) is 37.0 Å². The molecule has 0 aliphatic heterocycles. The van der Waals surface area contributed by atoms with Gasteiger partial charge in [-0.15, -0.1) is 11.3 Å². The maximum atomic E-state index is 12.3. The van der Waals surface area contributed by atoms with Crippen molar-refractivity contribution >= 4 is 21.2 Å². The Morgan fingerprint density at radius 1 is 1.43 bits per heavy atom. The molecule has 6 heteroatoms. The van der Waals surface area contributed by atoms with E-state index in [1.807, 2.05) is 0 Å². The summed E-state index contributed by atoms with van der Waals surface area (Å²) in [6.07, 6.45) is 6.34. The molecular weight excluding hydrogens is 304 g/mol. The second-order valence-electron chi connectivity index (χ2n) is 6.46. The van der Waals surface area contributed by atoms with Crippen LogP contribution in [0.2, 0.25) is 0 Å². The predicted octanol–water partition coefficient (Wildman–Crippen LogP) is 2.01. The van der Waals surface area contributed by atoms with Crippen molar-refractivity contribution in [1.29, 1.82) is 0 Å². The highest BCUT2D eigenvalue weighted by Crippen LogP contribution is 2.45. The Balaban J connectivity index is 1.94. The first-order valence-corrected chi connectivity index (χ1v) is 10.5. The highest BCUT2D eigenvalue weighted by atomic mass is 32.2. The van der Waals surface area contributed by atoms with Crippen molar-refractivity contribution in [2.45, 2.75) is 55.5 Å². The number of rotatable bonds is 6. The Morgan fingerprint density at radius 3 is 2.71 bits per heavy atom. The molecule has 0 aromatic carbocycles. The van der Waals surface area contributed by atoms with Gasteiger partial charge in [0, 0.05) is 30.3 Å². The molecule has 0 saturated heterocycles. The van der Waals surface area contributed by atoms with Crippen molar-refractivity contribution in [1.82, 2.24) is 4.90 Å². The molecule has 2 atom stereocenters. The quantitative estimate of drug-likeness (QED) is 0.867. The third-order valence-electron chi connectivity index (χ3n) is 5.01. The molecule has 2 aliphatic rings. The van der Waals surface area contributed by atoms with E-state index in [9.17, 15) is 8.42 Å². The van der Waals surface area contributed by atoms with Gasteiger partial charge >= 0.3 is 0 Å². The molecule has 4 nitrogen and oxygen atoms in total. The maximum Gasteiger partial charge on any atom is 0.152 e. The smallest absolute Gasteiger partial charge is 0.152 e. The fourth-order valence-corrected chi connectivity index (χ4v) is 6.37. The van der Waals surface area contributed by atoms with Gasteiger partial charge < -0.3 is 5.73 Å². The van der Waals surface area contributed by atoms with Crippen molar-refractivity contribution < 1.29 is 8.42 Å². The van der Waals surface area contributed by atoms with Crippen LogP contribution in [0.5, 0.6) is 0 Å². The van der Waals surface area contributed by atoms with Crippen LogP contribution in [0.15, 0.2) is 17.5 Å². The van der Waals surface area contributed by atoms with E-state index in [-0.39, 0.29) is 10.8 Å². The lowest BCUT2D eigenvalue weighted by Gasteiger charge is -2.44. The standard InChI is InChI=1S/C15H24N2O2S2/c1-21(18,19)14-5-2-8-15(14,11-16)17(12-6-7-12)10-13-4-3-9-20-13/h3-4,9,12,14H,2,5-8,10-11,16H2,1H3. The van der Waals surface area contributed by atoms with E-state index in [1.165, 1.54) is 24.0 Å². The number of nitrogens with two attached hydrogens (primary N) is 1. The van der Waals surface area contributed by atoms with Gasteiger partial charge in [0.1, 0.15) is 0 Å². The van der Waals surface area contributed by atoms with Gasteiger partial charge in [0.05, 0.1) is 10.8 Å². The van der Waals surface area contributed by atoms with E-state index >= 15 is 0 Å². The van der Waals surface area contributed by atoms with E-state index in [0.717, 1.165) is 25.8 Å². The zero-order valence-electron chi connectivity index (χ0n) is 12.5. The second kappa shape index (κ2) is 5.65. The first kappa shape index (κ1) is 15.5. The van der Waals surface area contributed by atoms with Gasteiger partial charge in [0.15, 0.2) is 9.84 Å². The zero-order valence-corrected chi connectivity index (χ0v) is 14.1. The third-order valence-corrected chi connectivity index (χ3v) is 7.58. The van der Waals surface area contributed by atoms with Crippen molar-refractivity contribution in [3.05, 3.63) is 22.4 Å². The lowest BCUT2D eigenvalue weighted by Crippen LogP contribution is -2.60. The number of nitrogens with zero attached hydrogens (tertiary/aromatic N) is 1. The van der Waals surface area contributed by atoms with Crippen LogP contribution in [0, 0.1) is 0 Å². The third kappa shape index (κ3) is 2.91. The average Bonchev–Trinajstić information content (AvgIpc) is 2.96. The van der Waals surface area contributed by atoms with Crippen molar-refractivity contribution in [3.63, 3.8) is 0 Å². The molecule has 0 spiro atoms. The summed E-state index contributed by atoms with van der Waals surface area (Å²) < 4.78 is 24.6. The topological polar surface area (TPSA) is 63.4 Å². The molecule has 2 aliphatic carbocycles. The summed E-state index contributed by atoms with van der Waals surface area (Å²) in [5, 5.41) is 1.77. The summed E-state index contributed by atoms with van der Waals surface area (Å²) in [6, 6.07) is 4.70. The SMILES string of the molecule is CS(=O)(=O)C1CCCC1(CN)N(Cc1cccs1)C1CC1. The van der Waals surface area contributed by atoms with Gasteiger partial charge in [-0.05, 0) is 37.1 Å². The van der Waals surface area contributed by atoms with Crippen molar-refractivity contribution in [2.75, 3.05) is 12.8 Å². The van der Waals surface area contributed by atoms with E-state index in [4.69, 9.17) is 5.73 Å². The monoisotopic (exact) mass is 328 g/mol. The van der Waals surface area contributed by atoms with Gasteiger partial charge in [-0.25, -0.2) is 8.42 Å². The molecule has 3 rings (SSSR count). The highest BCUT2D eigenvalue weighted by molar-refractivity contribution is 7.91. The molecule has 0 amide bonds. The predicted molar refractivity (Wildman–Crippen MR) is 87.2 cm³/mol. The normalized spacial score (nSPS) is 30.1. The number of hydrogen-bond acceptors (Lipinski definition) is 5. The fraction of sp³-hybridized carbons (Fsp3) is 0.733. The number of sulfone groups is 1. The summed E-state index contributed by atoms with van der Waals surface area (Å²) in [5.41, 5.74) is 5.79. The summed E-state index contributed by atoms with van der Waals surface area (Å²) in [4.78, 5) is 3.73. The zero-order chi connectivity index (χ0) is 15.1. The largest absolute Gasteiger partial charge is 0.329 e. The Labute approximate surface area is 131 Å². The molecule has 118 valence electrons. The first-order valence-electron chi connectivity index (χ1n) is 7.65. The molecule has 0 radical (unpaired) electrons. The van der Waals surface area contributed by atoms with E-state index < -0.39 is 9.84 Å². The Morgan fingerprint density at radius 2 is 2.19 bits per heavy atom. The van der Waals surface area contributed by atoms with E-state index in [0.29, 0.717) is 12.6 Å². The van der Waals surface area contributed by atoms with Crippen LogP contribution < -0.4 is 5.73 Å². The molecule has 1 aromatic rings. The molecule has 0 bridgehead atoms. The summed E-state index contributed by atoms with van der Waals surface area (Å²) in [7, 11) is -3.07. The van der Waals surface area contributed by atoms with Crippen LogP contribution in [0.3, 0.4) is 0 Å². The van der Waals surface area contributed by atoms with Gasteiger partial charge in [-0.1, -0.05) is 12.5 Å². The van der Waals surface area contributed by atoms with E-state index in [1.54, 1.807) is 11.3 Å². The average molecular weight is 329 g/mol.